The monoisotopic (exact) mass is 332 g/mol. The van der Waals surface area contributed by atoms with Gasteiger partial charge in [0, 0.05) is 25.3 Å². The second kappa shape index (κ2) is 6.96. The molecule has 2 aromatic rings. The van der Waals surface area contributed by atoms with E-state index in [-0.39, 0.29) is 17.2 Å². The molecule has 1 saturated heterocycles. The molecule has 1 atom stereocenters. The van der Waals surface area contributed by atoms with Crippen molar-refractivity contribution in [2.45, 2.75) is 39.2 Å². The first-order valence-corrected chi connectivity index (χ1v) is 7.97. The molecule has 3 rings (SSSR count). The Kier molecular flexibility index (Phi) is 4.75. The van der Waals surface area contributed by atoms with Gasteiger partial charge in [-0.2, -0.15) is 4.98 Å². The normalized spacial score (nSPS) is 17.2. The summed E-state index contributed by atoms with van der Waals surface area (Å²) in [5, 5.41) is 6.61. The van der Waals surface area contributed by atoms with Gasteiger partial charge in [-0.25, -0.2) is 0 Å². The van der Waals surface area contributed by atoms with E-state index in [0.717, 1.165) is 18.5 Å². The van der Waals surface area contributed by atoms with Crippen LogP contribution in [0, 0.1) is 13.8 Å². The van der Waals surface area contributed by atoms with Gasteiger partial charge in [-0.1, -0.05) is 5.16 Å². The summed E-state index contributed by atoms with van der Waals surface area (Å²) in [5.74, 6) is 0.589. The minimum atomic E-state index is -0.406. The fraction of sp³-hybridized carbons (Fsp3) is 0.500. The van der Waals surface area contributed by atoms with Gasteiger partial charge in [0.2, 0.25) is 0 Å². The Bertz CT molecular complexity index is 790. The molecule has 0 unspecified atom stereocenters. The molecule has 1 aliphatic rings. The standard InChI is InChI=1S/C16H20N4O4/c1-9-8-10(2)18-15(22)13(9)14(21)17-6-5-12-19-16(24-20-12)11-4-3-7-23-11/h8,11H,3-7H2,1-2H3,(H,17,21)(H,18,22)/t11-/m0/s1. The van der Waals surface area contributed by atoms with Crippen LogP contribution in [0.3, 0.4) is 0 Å². The lowest BCUT2D eigenvalue weighted by molar-refractivity contribution is 0.0835. The fourth-order valence-corrected chi connectivity index (χ4v) is 2.78. The van der Waals surface area contributed by atoms with Crippen LogP contribution in [0.2, 0.25) is 0 Å². The topological polar surface area (TPSA) is 110 Å². The zero-order valence-electron chi connectivity index (χ0n) is 13.7. The molecule has 0 spiro atoms. The number of ether oxygens (including phenoxy) is 1. The molecule has 3 heterocycles. The first-order valence-electron chi connectivity index (χ1n) is 7.97. The lowest BCUT2D eigenvalue weighted by Crippen LogP contribution is -2.32. The van der Waals surface area contributed by atoms with Crippen LogP contribution >= 0.6 is 0 Å². The molecule has 128 valence electrons. The number of pyridine rings is 1. The first kappa shape index (κ1) is 16.4. The number of carbonyl (C=O) groups excluding carboxylic acids is 1. The van der Waals surface area contributed by atoms with Crippen LogP contribution < -0.4 is 10.9 Å². The lowest BCUT2D eigenvalue weighted by atomic mass is 10.1. The Morgan fingerprint density at radius 3 is 3.00 bits per heavy atom. The zero-order valence-corrected chi connectivity index (χ0v) is 13.7. The Morgan fingerprint density at radius 1 is 1.46 bits per heavy atom. The SMILES string of the molecule is Cc1cc(C)c(C(=O)NCCc2noc([C@@H]3CCCO3)n2)c(=O)[nH]1. The summed E-state index contributed by atoms with van der Waals surface area (Å²) in [6, 6.07) is 1.77. The summed E-state index contributed by atoms with van der Waals surface area (Å²) in [4.78, 5) is 31.0. The Labute approximate surface area is 138 Å². The molecule has 8 heteroatoms. The average Bonchev–Trinajstić information content (AvgIpc) is 3.17. The van der Waals surface area contributed by atoms with Gasteiger partial charge in [-0.15, -0.1) is 0 Å². The van der Waals surface area contributed by atoms with Crippen LogP contribution in [0.5, 0.6) is 0 Å². The molecule has 0 radical (unpaired) electrons. The van der Waals surface area contributed by atoms with E-state index in [1.807, 2.05) is 0 Å². The van der Waals surface area contributed by atoms with Crippen molar-refractivity contribution in [2.75, 3.05) is 13.2 Å². The van der Waals surface area contributed by atoms with Crippen LogP contribution in [-0.4, -0.2) is 34.2 Å². The van der Waals surface area contributed by atoms with Crippen molar-refractivity contribution in [3.05, 3.63) is 45.0 Å². The number of carbonyl (C=O) groups is 1. The third-order valence-electron chi connectivity index (χ3n) is 3.92. The molecule has 24 heavy (non-hydrogen) atoms. The van der Waals surface area contributed by atoms with E-state index in [0.29, 0.717) is 36.9 Å². The van der Waals surface area contributed by atoms with Gasteiger partial charge in [0.25, 0.3) is 17.4 Å². The molecule has 0 aromatic carbocycles. The molecule has 1 fully saturated rings. The van der Waals surface area contributed by atoms with Gasteiger partial charge in [0.15, 0.2) is 5.82 Å². The average molecular weight is 332 g/mol. The van der Waals surface area contributed by atoms with Crippen molar-refractivity contribution in [1.82, 2.24) is 20.4 Å². The van der Waals surface area contributed by atoms with Crippen molar-refractivity contribution in [1.29, 1.82) is 0 Å². The number of H-pyrrole nitrogens is 1. The highest BCUT2D eigenvalue weighted by atomic mass is 16.5. The number of aromatic amines is 1. The van der Waals surface area contributed by atoms with Gasteiger partial charge in [0.05, 0.1) is 0 Å². The van der Waals surface area contributed by atoms with Gasteiger partial charge in [0.1, 0.15) is 11.7 Å². The summed E-state index contributed by atoms with van der Waals surface area (Å²) in [7, 11) is 0. The molecule has 0 aliphatic carbocycles. The van der Waals surface area contributed by atoms with E-state index in [1.54, 1.807) is 19.9 Å². The highest BCUT2D eigenvalue weighted by Gasteiger charge is 2.23. The van der Waals surface area contributed by atoms with Crippen molar-refractivity contribution in [2.24, 2.45) is 0 Å². The van der Waals surface area contributed by atoms with E-state index < -0.39 is 5.91 Å². The highest BCUT2D eigenvalue weighted by Crippen LogP contribution is 2.26. The number of amides is 1. The Hall–Kier alpha value is -2.48. The predicted molar refractivity (Wildman–Crippen MR) is 84.8 cm³/mol. The number of aromatic nitrogens is 3. The molecular weight excluding hydrogens is 312 g/mol. The molecule has 1 amide bonds. The maximum absolute atomic E-state index is 12.2. The van der Waals surface area contributed by atoms with Crippen LogP contribution in [-0.2, 0) is 11.2 Å². The van der Waals surface area contributed by atoms with Crippen LogP contribution in [0.1, 0.15) is 52.3 Å². The Balaban J connectivity index is 1.57. The van der Waals surface area contributed by atoms with E-state index in [9.17, 15) is 9.59 Å². The second-order valence-electron chi connectivity index (χ2n) is 5.90. The van der Waals surface area contributed by atoms with Gasteiger partial charge in [-0.3, -0.25) is 9.59 Å². The third-order valence-corrected chi connectivity index (χ3v) is 3.92. The largest absolute Gasteiger partial charge is 0.368 e. The van der Waals surface area contributed by atoms with E-state index in [4.69, 9.17) is 9.26 Å². The van der Waals surface area contributed by atoms with Crippen molar-refractivity contribution < 1.29 is 14.1 Å². The van der Waals surface area contributed by atoms with E-state index in [2.05, 4.69) is 20.4 Å². The summed E-state index contributed by atoms with van der Waals surface area (Å²) >= 11 is 0. The van der Waals surface area contributed by atoms with Crippen LogP contribution in [0.15, 0.2) is 15.4 Å². The van der Waals surface area contributed by atoms with Gasteiger partial charge in [-0.05, 0) is 38.3 Å². The zero-order chi connectivity index (χ0) is 17.1. The first-order chi connectivity index (χ1) is 11.5. The molecule has 0 bridgehead atoms. The van der Waals surface area contributed by atoms with Crippen LogP contribution in [0.25, 0.3) is 0 Å². The number of rotatable bonds is 5. The minimum absolute atomic E-state index is 0.116. The van der Waals surface area contributed by atoms with Crippen molar-refractivity contribution >= 4 is 5.91 Å². The molecule has 0 saturated carbocycles. The lowest BCUT2D eigenvalue weighted by Gasteiger charge is -2.06. The Morgan fingerprint density at radius 2 is 2.29 bits per heavy atom. The third kappa shape index (κ3) is 3.53. The highest BCUT2D eigenvalue weighted by molar-refractivity contribution is 5.95. The molecule has 1 aliphatic heterocycles. The second-order valence-corrected chi connectivity index (χ2v) is 5.90. The maximum Gasteiger partial charge on any atom is 0.261 e. The molecule has 2 N–H and O–H groups in total. The summed E-state index contributed by atoms with van der Waals surface area (Å²) < 4.78 is 10.7. The number of nitrogens with zero attached hydrogens (tertiary/aromatic N) is 2. The minimum Gasteiger partial charge on any atom is -0.368 e. The fourth-order valence-electron chi connectivity index (χ4n) is 2.78. The molecule has 2 aromatic heterocycles. The summed E-state index contributed by atoms with van der Waals surface area (Å²) in [6.07, 6.45) is 2.18. The van der Waals surface area contributed by atoms with Gasteiger partial charge < -0.3 is 19.6 Å². The molecular formula is C16H20N4O4. The maximum atomic E-state index is 12.2. The number of aryl methyl sites for hydroxylation is 2. The molecule has 8 nitrogen and oxygen atoms in total. The van der Waals surface area contributed by atoms with Crippen molar-refractivity contribution in [3.8, 4) is 0 Å². The summed E-state index contributed by atoms with van der Waals surface area (Å²) in [5.41, 5.74) is 1.12. The number of nitrogens with one attached hydrogen (secondary N) is 2. The van der Waals surface area contributed by atoms with Gasteiger partial charge >= 0.3 is 0 Å². The predicted octanol–water partition coefficient (Wildman–Crippen LogP) is 1.20. The van der Waals surface area contributed by atoms with Crippen molar-refractivity contribution in [3.63, 3.8) is 0 Å². The van der Waals surface area contributed by atoms with E-state index in [1.165, 1.54) is 0 Å². The number of hydrogen-bond donors (Lipinski definition) is 2. The quantitative estimate of drug-likeness (QED) is 0.851. The summed E-state index contributed by atoms with van der Waals surface area (Å²) in [6.45, 7) is 4.54. The number of hydrogen-bond acceptors (Lipinski definition) is 6. The van der Waals surface area contributed by atoms with Crippen LogP contribution in [0.4, 0.5) is 0 Å². The smallest absolute Gasteiger partial charge is 0.261 e. The van der Waals surface area contributed by atoms with E-state index >= 15 is 0 Å².